The van der Waals surface area contributed by atoms with E-state index in [1.807, 2.05) is 55.7 Å². The van der Waals surface area contributed by atoms with Crippen LogP contribution in [0.15, 0.2) is 67.3 Å². The first-order chi connectivity index (χ1) is 21.9. The Morgan fingerprint density at radius 1 is 1.07 bits per heavy atom. The van der Waals surface area contributed by atoms with Gasteiger partial charge >= 0.3 is 6.03 Å². The van der Waals surface area contributed by atoms with Gasteiger partial charge in [0.1, 0.15) is 23.3 Å². The minimum atomic E-state index is -0.739. The second-order valence-corrected chi connectivity index (χ2v) is 12.0. The Kier molecular flexibility index (Phi) is 8.89. The molecule has 12 nitrogen and oxygen atoms in total. The second-order valence-electron chi connectivity index (χ2n) is 12.0. The van der Waals surface area contributed by atoms with Gasteiger partial charge in [-0.2, -0.15) is 15.3 Å². The molecule has 0 atom stereocenters. The summed E-state index contributed by atoms with van der Waals surface area (Å²) in [5, 5.41) is 33.9. The lowest BCUT2D eigenvalue weighted by Gasteiger charge is -2.37. The van der Waals surface area contributed by atoms with Crippen LogP contribution in [0.25, 0.3) is 11.1 Å². The second kappa shape index (κ2) is 13.3. The number of anilines is 3. The SMILES string of the molecule is Cn1cc(-c2ccc(N(C(=O)NCc3ccccc3)C3CCC(Nc4ncc(C#N)c(NCC5(O)CCC5)n4)CC3)nc2)cn1. The maximum atomic E-state index is 13.7. The van der Waals surface area contributed by atoms with Crippen molar-refractivity contribution in [3.8, 4) is 17.2 Å². The van der Waals surface area contributed by atoms with E-state index in [0.29, 0.717) is 36.2 Å². The minimum Gasteiger partial charge on any atom is -0.388 e. The molecule has 0 radical (unpaired) electrons. The highest BCUT2D eigenvalue weighted by Crippen LogP contribution is 2.32. The lowest BCUT2D eigenvalue weighted by molar-refractivity contribution is -0.0202. The molecule has 12 heteroatoms. The van der Waals surface area contributed by atoms with Gasteiger partial charge in [-0.25, -0.2) is 14.8 Å². The van der Waals surface area contributed by atoms with E-state index in [1.165, 1.54) is 6.20 Å². The van der Waals surface area contributed by atoms with Crippen molar-refractivity contribution in [3.05, 3.63) is 78.4 Å². The van der Waals surface area contributed by atoms with E-state index >= 15 is 0 Å². The summed E-state index contributed by atoms with van der Waals surface area (Å²) in [5.41, 5.74) is 2.52. The molecule has 0 aliphatic heterocycles. The molecule has 4 aromatic rings. The third-order valence-electron chi connectivity index (χ3n) is 8.71. The highest BCUT2D eigenvalue weighted by molar-refractivity contribution is 5.91. The number of hydrogen-bond acceptors (Lipinski definition) is 9. The van der Waals surface area contributed by atoms with E-state index in [2.05, 4.69) is 37.1 Å². The van der Waals surface area contributed by atoms with Crippen LogP contribution >= 0.6 is 0 Å². The largest absolute Gasteiger partial charge is 0.388 e. The van der Waals surface area contributed by atoms with Crippen LogP contribution in [-0.4, -0.2) is 60.1 Å². The summed E-state index contributed by atoms with van der Waals surface area (Å²) in [5.74, 6) is 1.46. The van der Waals surface area contributed by atoms with Crippen molar-refractivity contribution in [2.45, 2.75) is 69.2 Å². The minimum absolute atomic E-state index is 0.0436. The van der Waals surface area contributed by atoms with Crippen molar-refractivity contribution in [2.24, 2.45) is 7.05 Å². The molecule has 3 heterocycles. The number of benzene rings is 1. The van der Waals surface area contributed by atoms with Gasteiger partial charge in [0, 0.05) is 55.7 Å². The van der Waals surface area contributed by atoms with Gasteiger partial charge in [-0.3, -0.25) is 9.58 Å². The number of nitrogens with zero attached hydrogens (tertiary/aromatic N) is 7. The van der Waals surface area contributed by atoms with E-state index < -0.39 is 5.60 Å². The molecular formula is C33H38N10O2. The van der Waals surface area contributed by atoms with Gasteiger partial charge in [0.05, 0.1) is 18.0 Å². The Morgan fingerprint density at radius 3 is 2.51 bits per heavy atom. The molecule has 4 N–H and O–H groups in total. The first-order valence-electron chi connectivity index (χ1n) is 15.5. The number of nitriles is 1. The third-order valence-corrected chi connectivity index (χ3v) is 8.71. The summed E-state index contributed by atoms with van der Waals surface area (Å²) < 4.78 is 1.75. The average molecular weight is 607 g/mol. The lowest BCUT2D eigenvalue weighted by Crippen LogP contribution is -2.49. The molecule has 0 bridgehead atoms. The van der Waals surface area contributed by atoms with E-state index in [1.54, 1.807) is 22.0 Å². The molecule has 1 aromatic carbocycles. The molecule has 2 amide bonds. The predicted molar refractivity (Wildman–Crippen MR) is 171 cm³/mol. The van der Waals surface area contributed by atoms with E-state index in [-0.39, 0.29) is 18.1 Å². The topological polar surface area (TPSA) is 157 Å². The van der Waals surface area contributed by atoms with Crippen molar-refractivity contribution in [3.63, 3.8) is 0 Å². The molecule has 2 aliphatic rings. The average Bonchev–Trinajstić information content (AvgIpc) is 3.50. The summed E-state index contributed by atoms with van der Waals surface area (Å²) in [7, 11) is 1.87. The molecule has 0 unspecified atom stereocenters. The van der Waals surface area contributed by atoms with Crippen LogP contribution in [0.3, 0.4) is 0 Å². The molecule has 6 rings (SSSR count). The van der Waals surface area contributed by atoms with E-state index in [9.17, 15) is 15.2 Å². The normalized spacial score (nSPS) is 18.7. The fourth-order valence-electron chi connectivity index (χ4n) is 5.92. The molecule has 0 spiro atoms. The van der Waals surface area contributed by atoms with Crippen molar-refractivity contribution in [1.29, 1.82) is 5.26 Å². The maximum absolute atomic E-state index is 13.7. The van der Waals surface area contributed by atoms with Crippen molar-refractivity contribution >= 4 is 23.6 Å². The molecule has 3 aromatic heterocycles. The number of nitrogens with one attached hydrogen (secondary N) is 3. The van der Waals surface area contributed by atoms with Crippen LogP contribution < -0.4 is 20.9 Å². The summed E-state index contributed by atoms with van der Waals surface area (Å²) >= 11 is 0. The zero-order valence-electron chi connectivity index (χ0n) is 25.4. The Balaban J connectivity index is 1.13. The number of aliphatic hydroxyl groups is 1. The number of amides is 2. The molecule has 2 saturated carbocycles. The van der Waals surface area contributed by atoms with Gasteiger partial charge < -0.3 is 21.1 Å². The Labute approximate surface area is 262 Å². The number of carbonyl (C=O) groups is 1. The van der Waals surface area contributed by atoms with Gasteiger partial charge in [-0.15, -0.1) is 0 Å². The van der Waals surface area contributed by atoms with Gasteiger partial charge in [0.25, 0.3) is 0 Å². The number of urea groups is 1. The Hall–Kier alpha value is -5.02. The maximum Gasteiger partial charge on any atom is 0.323 e. The smallest absolute Gasteiger partial charge is 0.323 e. The Bertz CT molecular complexity index is 1640. The first kappa shape index (κ1) is 30.0. The number of carbonyl (C=O) groups excluding carboxylic acids is 1. The molecule has 45 heavy (non-hydrogen) atoms. The molecule has 0 saturated heterocycles. The standard InChI is InChI=1S/C33H38N10O2/c1-42-21-26(20-39-42)24-8-13-29(35-18-24)43(32(44)37-17-23-6-3-2-4-7-23)28-11-9-27(10-12-28)40-31-36-19-25(16-34)30(41-31)38-22-33(45)14-5-15-33/h2-4,6-8,13,18-21,27-28,45H,5,9-12,14-15,17,22H2,1H3,(H,37,44)(H2,36,38,40,41). The summed E-state index contributed by atoms with van der Waals surface area (Å²) in [4.78, 5) is 29.1. The van der Waals surface area contributed by atoms with Crippen LogP contribution in [0.1, 0.15) is 56.1 Å². The number of rotatable bonds is 10. The van der Waals surface area contributed by atoms with Gasteiger partial charge in [-0.1, -0.05) is 30.3 Å². The quantitative estimate of drug-likeness (QED) is 0.202. The number of aryl methyl sites for hydroxylation is 1. The van der Waals surface area contributed by atoms with Gasteiger partial charge in [0.15, 0.2) is 0 Å². The number of hydrogen-bond donors (Lipinski definition) is 4. The summed E-state index contributed by atoms with van der Waals surface area (Å²) in [6, 6.07) is 15.7. The molecule has 232 valence electrons. The first-order valence-corrected chi connectivity index (χ1v) is 15.5. The predicted octanol–water partition coefficient (Wildman–Crippen LogP) is 4.61. The van der Waals surface area contributed by atoms with Crippen LogP contribution in [0, 0.1) is 11.3 Å². The van der Waals surface area contributed by atoms with Crippen LogP contribution in [0.2, 0.25) is 0 Å². The zero-order chi connectivity index (χ0) is 31.2. The molecule has 2 aliphatic carbocycles. The third kappa shape index (κ3) is 7.21. The number of pyridine rings is 1. The monoisotopic (exact) mass is 606 g/mol. The van der Waals surface area contributed by atoms with E-state index in [0.717, 1.165) is 61.6 Å². The lowest BCUT2D eigenvalue weighted by atomic mass is 9.80. The van der Waals surface area contributed by atoms with Crippen molar-refractivity contribution < 1.29 is 9.90 Å². The fourth-order valence-corrected chi connectivity index (χ4v) is 5.92. The summed E-state index contributed by atoms with van der Waals surface area (Å²) in [6.45, 7) is 0.771. The Morgan fingerprint density at radius 2 is 1.87 bits per heavy atom. The van der Waals surface area contributed by atoms with Gasteiger partial charge in [0.2, 0.25) is 5.95 Å². The number of aromatic nitrogens is 5. The zero-order valence-corrected chi connectivity index (χ0v) is 25.4. The van der Waals surface area contributed by atoms with Crippen LogP contribution in [0.5, 0.6) is 0 Å². The van der Waals surface area contributed by atoms with Crippen LogP contribution in [0.4, 0.5) is 22.4 Å². The molecule has 2 fully saturated rings. The summed E-state index contributed by atoms with van der Waals surface area (Å²) in [6.07, 6.45) is 12.6. The highest BCUT2D eigenvalue weighted by atomic mass is 16.3. The van der Waals surface area contributed by atoms with E-state index in [4.69, 9.17) is 4.98 Å². The fraction of sp³-hybridized carbons (Fsp3) is 0.394. The highest BCUT2D eigenvalue weighted by Gasteiger charge is 2.34. The van der Waals surface area contributed by atoms with Gasteiger partial charge in [-0.05, 0) is 62.6 Å². The van der Waals surface area contributed by atoms with Crippen LogP contribution in [-0.2, 0) is 13.6 Å². The van der Waals surface area contributed by atoms with Crippen molar-refractivity contribution in [1.82, 2.24) is 30.0 Å². The van der Waals surface area contributed by atoms with Crippen molar-refractivity contribution in [2.75, 3.05) is 22.1 Å². The molecular weight excluding hydrogens is 568 g/mol.